The maximum atomic E-state index is 8.98. The van der Waals surface area contributed by atoms with Crippen molar-refractivity contribution >= 4 is 11.7 Å². The van der Waals surface area contributed by atoms with Crippen molar-refractivity contribution in [3.63, 3.8) is 0 Å². The zero-order valence-electron chi connectivity index (χ0n) is 13.2. The van der Waals surface area contributed by atoms with Crippen molar-refractivity contribution < 1.29 is 5.21 Å². The van der Waals surface area contributed by atoms with Gasteiger partial charge in [-0.3, -0.25) is 4.68 Å². The molecule has 20 heavy (non-hydrogen) atoms. The lowest BCUT2D eigenvalue weighted by Crippen LogP contribution is -2.32. The van der Waals surface area contributed by atoms with Gasteiger partial charge >= 0.3 is 0 Å². The average molecular weight is 281 g/mol. The molecule has 1 aromatic rings. The Morgan fingerprint density at radius 1 is 1.40 bits per heavy atom. The van der Waals surface area contributed by atoms with Crippen LogP contribution in [0.5, 0.6) is 0 Å². The van der Waals surface area contributed by atoms with E-state index in [-0.39, 0.29) is 5.84 Å². The number of anilines is 1. The van der Waals surface area contributed by atoms with Gasteiger partial charge in [0, 0.05) is 20.1 Å². The van der Waals surface area contributed by atoms with Gasteiger partial charge in [-0.2, -0.15) is 5.10 Å². The molecule has 0 fully saturated rings. The molecule has 0 spiro atoms. The van der Waals surface area contributed by atoms with E-state index in [1.165, 1.54) is 0 Å². The summed E-state index contributed by atoms with van der Waals surface area (Å²) in [5.41, 5.74) is 7.32. The zero-order chi connectivity index (χ0) is 15.3. The average Bonchev–Trinajstić information content (AvgIpc) is 2.74. The summed E-state index contributed by atoms with van der Waals surface area (Å²) in [6.07, 6.45) is 2.28. The fourth-order valence-electron chi connectivity index (χ4n) is 2.58. The summed E-state index contributed by atoms with van der Waals surface area (Å²) in [7, 11) is 1.89. The molecular weight excluding hydrogens is 254 g/mol. The Bertz CT molecular complexity index is 462. The maximum absolute atomic E-state index is 8.98. The van der Waals surface area contributed by atoms with Gasteiger partial charge in [0.1, 0.15) is 5.82 Å². The minimum Gasteiger partial charge on any atom is -0.409 e. The van der Waals surface area contributed by atoms with Crippen molar-refractivity contribution in [2.24, 2.45) is 23.9 Å². The number of nitrogens with zero attached hydrogens (tertiary/aromatic N) is 4. The number of aromatic nitrogens is 2. The Morgan fingerprint density at radius 3 is 2.45 bits per heavy atom. The van der Waals surface area contributed by atoms with E-state index >= 15 is 0 Å². The van der Waals surface area contributed by atoms with Crippen LogP contribution < -0.4 is 10.6 Å². The van der Waals surface area contributed by atoms with Gasteiger partial charge in [-0.25, -0.2) is 0 Å². The number of hydrogen-bond acceptors (Lipinski definition) is 4. The van der Waals surface area contributed by atoms with Crippen molar-refractivity contribution in [2.45, 2.75) is 40.5 Å². The van der Waals surface area contributed by atoms with Gasteiger partial charge in [0.2, 0.25) is 0 Å². The van der Waals surface area contributed by atoms with Crippen LogP contribution >= 0.6 is 0 Å². The van der Waals surface area contributed by atoms with E-state index in [1.807, 2.05) is 18.7 Å². The van der Waals surface area contributed by atoms with Gasteiger partial charge in [0.15, 0.2) is 5.84 Å². The van der Waals surface area contributed by atoms with E-state index in [9.17, 15) is 0 Å². The lowest BCUT2D eigenvalue weighted by molar-refractivity contribution is 0.318. The zero-order valence-corrected chi connectivity index (χ0v) is 13.2. The van der Waals surface area contributed by atoms with E-state index < -0.39 is 0 Å². The van der Waals surface area contributed by atoms with Gasteiger partial charge in [-0.1, -0.05) is 31.8 Å². The smallest absolute Gasteiger partial charge is 0.175 e. The Labute approximate surface area is 121 Å². The molecule has 0 saturated heterocycles. The molecule has 0 saturated carbocycles. The van der Waals surface area contributed by atoms with Gasteiger partial charge in [-0.05, 0) is 19.8 Å². The summed E-state index contributed by atoms with van der Waals surface area (Å²) in [6.45, 7) is 10.2. The van der Waals surface area contributed by atoms with Crippen molar-refractivity contribution in [3.8, 4) is 0 Å². The van der Waals surface area contributed by atoms with Gasteiger partial charge in [-0.15, -0.1) is 0 Å². The first-order valence-electron chi connectivity index (χ1n) is 7.26. The molecule has 0 atom stereocenters. The van der Waals surface area contributed by atoms with E-state index in [2.05, 4.69) is 35.9 Å². The van der Waals surface area contributed by atoms with Crippen LogP contribution in [-0.4, -0.2) is 33.9 Å². The normalized spacial score (nSPS) is 12.2. The van der Waals surface area contributed by atoms with Crippen molar-refractivity contribution in [1.82, 2.24) is 9.78 Å². The molecule has 3 N–H and O–H groups in total. The number of nitrogens with two attached hydrogens (primary N) is 1. The third-order valence-corrected chi connectivity index (χ3v) is 3.87. The third kappa shape index (κ3) is 3.23. The third-order valence-electron chi connectivity index (χ3n) is 3.87. The molecule has 1 rings (SSSR count). The monoisotopic (exact) mass is 281 g/mol. The van der Waals surface area contributed by atoms with E-state index in [1.54, 1.807) is 0 Å². The Morgan fingerprint density at radius 2 is 2.00 bits per heavy atom. The standard InChI is InChI=1S/C14H27N5O/c1-6-11(7-2)9-19(8-3)14-12(13(15)17-20)10(4)16-18(14)5/h11,20H,6-9H2,1-5H3,(H2,15,17). The Balaban J connectivity index is 3.21. The van der Waals surface area contributed by atoms with Gasteiger partial charge < -0.3 is 15.8 Å². The molecule has 0 radical (unpaired) electrons. The molecular formula is C14H27N5O. The lowest BCUT2D eigenvalue weighted by Gasteiger charge is -2.28. The molecule has 0 bridgehead atoms. The summed E-state index contributed by atoms with van der Waals surface area (Å²) >= 11 is 0. The highest BCUT2D eigenvalue weighted by atomic mass is 16.4. The molecule has 1 aromatic heterocycles. The van der Waals surface area contributed by atoms with Crippen LogP contribution in [0.2, 0.25) is 0 Å². The number of amidine groups is 1. The minimum absolute atomic E-state index is 0.119. The van der Waals surface area contributed by atoms with Gasteiger partial charge in [0.05, 0.1) is 11.3 Å². The first-order chi connectivity index (χ1) is 9.49. The first-order valence-corrected chi connectivity index (χ1v) is 7.26. The summed E-state index contributed by atoms with van der Waals surface area (Å²) in [4.78, 5) is 2.26. The predicted octanol–water partition coefficient (Wildman–Crippen LogP) is 2.09. The van der Waals surface area contributed by atoms with Crippen molar-refractivity contribution in [1.29, 1.82) is 0 Å². The van der Waals surface area contributed by atoms with Crippen molar-refractivity contribution in [2.75, 3.05) is 18.0 Å². The minimum atomic E-state index is 0.119. The second-order valence-electron chi connectivity index (χ2n) is 5.11. The largest absolute Gasteiger partial charge is 0.409 e. The topological polar surface area (TPSA) is 79.7 Å². The Hall–Kier alpha value is -1.72. The number of aryl methyl sites for hydroxylation is 2. The quantitative estimate of drug-likeness (QED) is 0.347. The molecule has 6 nitrogen and oxygen atoms in total. The van der Waals surface area contributed by atoms with E-state index in [0.29, 0.717) is 5.92 Å². The highest BCUT2D eigenvalue weighted by Crippen LogP contribution is 2.25. The molecule has 1 heterocycles. The van der Waals surface area contributed by atoms with Crippen LogP contribution in [0.4, 0.5) is 5.82 Å². The fraction of sp³-hybridized carbons (Fsp3) is 0.714. The number of rotatable bonds is 7. The van der Waals surface area contributed by atoms with Crippen LogP contribution in [0.3, 0.4) is 0 Å². The molecule has 0 amide bonds. The van der Waals surface area contributed by atoms with Crippen LogP contribution in [0.1, 0.15) is 44.9 Å². The summed E-state index contributed by atoms with van der Waals surface area (Å²) in [5.74, 6) is 1.67. The second-order valence-corrected chi connectivity index (χ2v) is 5.11. The molecule has 0 aliphatic rings. The van der Waals surface area contributed by atoms with Crippen LogP contribution in [0.25, 0.3) is 0 Å². The predicted molar refractivity (Wildman–Crippen MR) is 82.4 cm³/mol. The highest BCUT2D eigenvalue weighted by molar-refractivity contribution is 6.02. The molecule has 6 heteroatoms. The molecule has 114 valence electrons. The van der Waals surface area contributed by atoms with E-state index in [0.717, 1.165) is 43.0 Å². The molecule has 0 unspecified atom stereocenters. The highest BCUT2D eigenvalue weighted by Gasteiger charge is 2.22. The number of oxime groups is 1. The maximum Gasteiger partial charge on any atom is 0.175 e. The molecule has 0 aliphatic heterocycles. The molecule has 0 aromatic carbocycles. The van der Waals surface area contributed by atoms with Gasteiger partial charge in [0.25, 0.3) is 0 Å². The Kier molecular flexibility index (Phi) is 5.85. The van der Waals surface area contributed by atoms with Crippen molar-refractivity contribution in [3.05, 3.63) is 11.3 Å². The van der Waals surface area contributed by atoms with Crippen LogP contribution in [0.15, 0.2) is 5.16 Å². The second kappa shape index (κ2) is 7.17. The first kappa shape index (κ1) is 16.3. The van der Waals surface area contributed by atoms with E-state index in [4.69, 9.17) is 10.9 Å². The molecule has 0 aliphatic carbocycles. The lowest BCUT2D eigenvalue weighted by atomic mass is 10.0. The summed E-state index contributed by atoms with van der Waals surface area (Å²) in [5, 5.41) is 16.5. The fourth-order valence-corrected chi connectivity index (χ4v) is 2.58. The summed E-state index contributed by atoms with van der Waals surface area (Å²) < 4.78 is 1.81. The summed E-state index contributed by atoms with van der Waals surface area (Å²) in [6, 6.07) is 0. The SMILES string of the molecule is CCC(CC)CN(CC)c1c(C(N)=NO)c(C)nn1C. The number of hydrogen-bond donors (Lipinski definition) is 2. The van der Waals surface area contributed by atoms with Crippen LogP contribution in [-0.2, 0) is 7.05 Å². The van der Waals surface area contributed by atoms with Crippen LogP contribution in [0, 0.1) is 12.8 Å².